The number of aromatic nitrogens is 1. The molecule has 0 aliphatic carbocycles. The van der Waals surface area contributed by atoms with Gasteiger partial charge in [-0.1, -0.05) is 48.5 Å². The maximum Gasteiger partial charge on any atom is 0.0390 e. The Morgan fingerprint density at radius 3 is 2.17 bits per heavy atom. The number of hydrogen-bond donors (Lipinski definition) is 1. The van der Waals surface area contributed by atoms with Gasteiger partial charge in [0.25, 0.3) is 0 Å². The molecule has 2 nitrogen and oxygen atoms in total. The summed E-state index contributed by atoms with van der Waals surface area (Å²) in [5, 5.41) is 5.95. The third-order valence-electron chi connectivity index (χ3n) is 3.92. The number of rotatable bonds is 3. The van der Waals surface area contributed by atoms with Crippen molar-refractivity contribution in [3.63, 3.8) is 0 Å². The van der Waals surface area contributed by atoms with Gasteiger partial charge in [0.2, 0.25) is 0 Å². The van der Waals surface area contributed by atoms with Gasteiger partial charge in [0.15, 0.2) is 0 Å². The second-order valence-electron chi connectivity index (χ2n) is 5.51. The molecule has 0 aliphatic heterocycles. The summed E-state index contributed by atoms with van der Waals surface area (Å²) in [5.74, 6) is 0. The van der Waals surface area contributed by atoms with Crippen LogP contribution in [0.3, 0.4) is 0 Å². The lowest BCUT2D eigenvalue weighted by Gasteiger charge is -2.09. The highest BCUT2D eigenvalue weighted by molar-refractivity contribution is 5.86. The highest BCUT2D eigenvalue weighted by Crippen LogP contribution is 2.24. The minimum absolute atomic E-state index is 1.08. The summed E-state index contributed by atoms with van der Waals surface area (Å²) in [6, 6.07) is 27.2. The fourth-order valence-electron chi connectivity index (χ4n) is 2.71. The van der Waals surface area contributed by atoms with E-state index < -0.39 is 0 Å². The van der Waals surface area contributed by atoms with Crippen molar-refractivity contribution in [3.8, 4) is 11.1 Å². The summed E-state index contributed by atoms with van der Waals surface area (Å²) in [7, 11) is 0. The summed E-state index contributed by atoms with van der Waals surface area (Å²) in [6.45, 7) is 0. The summed E-state index contributed by atoms with van der Waals surface area (Å²) < 4.78 is 0. The Morgan fingerprint density at radius 2 is 1.39 bits per heavy atom. The van der Waals surface area contributed by atoms with Gasteiger partial charge in [-0.05, 0) is 52.2 Å². The fraction of sp³-hybridized carbons (Fsp3) is 0. The van der Waals surface area contributed by atoms with Crippen molar-refractivity contribution in [2.45, 2.75) is 0 Å². The molecule has 1 aromatic heterocycles. The second-order valence-corrected chi connectivity index (χ2v) is 5.51. The lowest BCUT2D eigenvalue weighted by molar-refractivity contribution is 1.33. The van der Waals surface area contributed by atoms with Crippen LogP contribution in [0.15, 0.2) is 91.3 Å². The summed E-state index contributed by atoms with van der Waals surface area (Å²) in [6.07, 6.45) is 3.67. The van der Waals surface area contributed by atoms with Gasteiger partial charge in [-0.25, -0.2) is 0 Å². The van der Waals surface area contributed by atoms with Crippen LogP contribution < -0.4 is 5.32 Å². The van der Waals surface area contributed by atoms with Crippen LogP contribution in [0, 0.1) is 0 Å². The molecule has 2 heteroatoms. The molecule has 0 aliphatic rings. The van der Waals surface area contributed by atoms with Gasteiger partial charge in [0.1, 0.15) is 0 Å². The Balaban J connectivity index is 1.58. The zero-order valence-electron chi connectivity index (χ0n) is 12.6. The Hall–Kier alpha value is -3.13. The molecule has 4 aromatic rings. The van der Waals surface area contributed by atoms with E-state index in [1.807, 2.05) is 12.3 Å². The molecule has 0 saturated carbocycles. The van der Waals surface area contributed by atoms with Gasteiger partial charge < -0.3 is 5.32 Å². The summed E-state index contributed by atoms with van der Waals surface area (Å²) in [5.41, 5.74) is 4.47. The number of hydrogen-bond acceptors (Lipinski definition) is 2. The Bertz CT molecular complexity index is 928. The largest absolute Gasteiger partial charge is 0.356 e. The topological polar surface area (TPSA) is 24.9 Å². The van der Waals surface area contributed by atoms with E-state index in [1.54, 1.807) is 6.20 Å². The van der Waals surface area contributed by atoms with E-state index in [9.17, 15) is 0 Å². The molecule has 0 spiro atoms. The molecule has 0 saturated heterocycles. The molecule has 0 amide bonds. The summed E-state index contributed by atoms with van der Waals surface area (Å²) >= 11 is 0. The smallest absolute Gasteiger partial charge is 0.0390 e. The van der Waals surface area contributed by atoms with Crippen LogP contribution in [0.2, 0.25) is 0 Å². The molecule has 1 heterocycles. The van der Waals surface area contributed by atoms with Gasteiger partial charge >= 0.3 is 0 Å². The van der Waals surface area contributed by atoms with Gasteiger partial charge in [0.05, 0.1) is 0 Å². The fourth-order valence-corrected chi connectivity index (χ4v) is 2.71. The minimum atomic E-state index is 1.08. The van der Waals surface area contributed by atoms with Crippen LogP contribution in [-0.4, -0.2) is 4.98 Å². The first-order valence-electron chi connectivity index (χ1n) is 7.65. The molecule has 4 rings (SSSR count). The molecule has 110 valence electrons. The van der Waals surface area contributed by atoms with Crippen molar-refractivity contribution in [2.24, 2.45) is 0 Å². The molecule has 0 fully saturated rings. The highest BCUT2D eigenvalue weighted by Gasteiger charge is 2.00. The van der Waals surface area contributed by atoms with E-state index in [1.165, 1.54) is 16.3 Å². The van der Waals surface area contributed by atoms with Crippen LogP contribution in [0.4, 0.5) is 11.4 Å². The monoisotopic (exact) mass is 296 g/mol. The van der Waals surface area contributed by atoms with E-state index in [2.05, 4.69) is 83.1 Å². The zero-order chi connectivity index (χ0) is 15.5. The number of anilines is 2. The van der Waals surface area contributed by atoms with E-state index in [4.69, 9.17) is 0 Å². The zero-order valence-corrected chi connectivity index (χ0v) is 12.6. The predicted molar refractivity (Wildman–Crippen MR) is 96.9 cm³/mol. The van der Waals surface area contributed by atoms with Gasteiger partial charge in [-0.2, -0.15) is 0 Å². The van der Waals surface area contributed by atoms with Crippen molar-refractivity contribution in [3.05, 3.63) is 91.3 Å². The third-order valence-corrected chi connectivity index (χ3v) is 3.92. The van der Waals surface area contributed by atoms with Crippen molar-refractivity contribution in [2.75, 3.05) is 5.32 Å². The Labute approximate surface area is 135 Å². The average Bonchev–Trinajstić information content (AvgIpc) is 2.63. The summed E-state index contributed by atoms with van der Waals surface area (Å²) in [4.78, 5) is 4.16. The van der Waals surface area contributed by atoms with Crippen LogP contribution in [-0.2, 0) is 0 Å². The van der Waals surface area contributed by atoms with Crippen molar-refractivity contribution >= 4 is 22.1 Å². The standard InChI is InChI=1S/C21H16N2/c1-2-5-18-14-21(12-9-16(18)4-1)23-20-10-7-17(8-11-20)19-6-3-13-22-15-19/h1-15,23H. The van der Waals surface area contributed by atoms with Crippen LogP contribution in [0.5, 0.6) is 0 Å². The van der Waals surface area contributed by atoms with Crippen molar-refractivity contribution in [1.82, 2.24) is 4.98 Å². The Morgan fingerprint density at radius 1 is 0.609 bits per heavy atom. The molecule has 3 aromatic carbocycles. The number of fused-ring (bicyclic) bond motifs is 1. The normalized spacial score (nSPS) is 10.6. The van der Waals surface area contributed by atoms with E-state index in [0.29, 0.717) is 0 Å². The molecular weight excluding hydrogens is 280 g/mol. The van der Waals surface area contributed by atoms with Crippen molar-refractivity contribution in [1.29, 1.82) is 0 Å². The molecule has 0 atom stereocenters. The molecule has 23 heavy (non-hydrogen) atoms. The first-order chi connectivity index (χ1) is 11.4. The average molecular weight is 296 g/mol. The number of nitrogens with one attached hydrogen (secondary N) is 1. The van der Waals surface area contributed by atoms with Crippen LogP contribution in [0.1, 0.15) is 0 Å². The van der Waals surface area contributed by atoms with Gasteiger partial charge in [-0.3, -0.25) is 4.98 Å². The first-order valence-corrected chi connectivity index (χ1v) is 7.65. The highest BCUT2D eigenvalue weighted by atomic mass is 14.9. The molecule has 0 unspecified atom stereocenters. The van der Waals surface area contributed by atoms with E-state index in [-0.39, 0.29) is 0 Å². The maximum atomic E-state index is 4.16. The predicted octanol–water partition coefficient (Wildman–Crippen LogP) is 5.65. The van der Waals surface area contributed by atoms with Crippen LogP contribution >= 0.6 is 0 Å². The Kier molecular flexibility index (Phi) is 3.49. The number of nitrogens with zero attached hydrogens (tertiary/aromatic N) is 1. The molecule has 0 bridgehead atoms. The quantitative estimate of drug-likeness (QED) is 0.528. The van der Waals surface area contributed by atoms with E-state index in [0.717, 1.165) is 16.9 Å². The number of benzene rings is 3. The molecule has 1 N–H and O–H groups in total. The van der Waals surface area contributed by atoms with Crippen LogP contribution in [0.25, 0.3) is 21.9 Å². The second kappa shape index (κ2) is 5.93. The lowest BCUT2D eigenvalue weighted by atomic mass is 10.1. The minimum Gasteiger partial charge on any atom is -0.356 e. The van der Waals surface area contributed by atoms with Crippen molar-refractivity contribution < 1.29 is 0 Å². The third kappa shape index (κ3) is 2.92. The van der Waals surface area contributed by atoms with Gasteiger partial charge in [0, 0.05) is 23.8 Å². The molecule has 0 radical (unpaired) electrons. The van der Waals surface area contributed by atoms with E-state index >= 15 is 0 Å². The number of pyridine rings is 1. The SMILES string of the molecule is c1cncc(-c2ccc(Nc3ccc4ccccc4c3)cc2)c1. The maximum absolute atomic E-state index is 4.16. The molecular formula is C21H16N2. The lowest BCUT2D eigenvalue weighted by Crippen LogP contribution is -1.90. The van der Waals surface area contributed by atoms with Gasteiger partial charge in [-0.15, -0.1) is 0 Å². The first kappa shape index (κ1) is 13.5.